The van der Waals surface area contributed by atoms with Crippen LogP contribution in [0.4, 0.5) is 0 Å². The Hall–Kier alpha value is -1.79. The van der Waals surface area contributed by atoms with Gasteiger partial charge in [0.2, 0.25) is 5.43 Å². The molecule has 0 saturated heterocycles. The molecule has 8 heteroatoms. The number of carbonyl (C=O) groups excluding carboxylic acids is 1. The van der Waals surface area contributed by atoms with Crippen molar-refractivity contribution in [1.29, 1.82) is 0 Å². The Morgan fingerprint density at radius 2 is 1.89 bits per heavy atom. The molecule has 94 valence electrons. The van der Waals surface area contributed by atoms with Crippen molar-refractivity contribution < 1.29 is 29.0 Å². The summed E-state index contributed by atoms with van der Waals surface area (Å²) in [6.45, 7) is 0. The predicted molar refractivity (Wildman–Crippen MR) is 62.1 cm³/mol. The quantitative estimate of drug-likeness (QED) is 0.581. The van der Waals surface area contributed by atoms with Crippen LogP contribution >= 0.6 is 7.94 Å². The minimum Gasteiger partial charge on any atom is -0.508 e. The monoisotopic (exact) mass is 271 g/mol. The van der Waals surface area contributed by atoms with Gasteiger partial charge in [-0.2, -0.15) is 14.7 Å². The lowest BCUT2D eigenvalue weighted by Crippen LogP contribution is -2.17. The van der Waals surface area contributed by atoms with Crippen molar-refractivity contribution in [3.05, 3.63) is 40.2 Å². The molecule has 0 bridgehead atoms. The zero-order chi connectivity index (χ0) is 13.5. The second-order valence-electron chi connectivity index (χ2n) is 3.53. The fourth-order valence-electron chi connectivity index (χ4n) is 1.43. The van der Waals surface area contributed by atoms with E-state index in [0.29, 0.717) is 0 Å². The van der Waals surface area contributed by atoms with E-state index in [1.165, 1.54) is 12.1 Å². The number of phenols is 1. The van der Waals surface area contributed by atoms with Crippen molar-refractivity contribution in [2.45, 2.75) is 0 Å². The van der Waals surface area contributed by atoms with Gasteiger partial charge in [-0.05, 0) is 18.2 Å². The van der Waals surface area contributed by atoms with Crippen LogP contribution in [0.15, 0.2) is 33.7 Å². The molecule has 0 spiro atoms. The van der Waals surface area contributed by atoms with E-state index < -0.39 is 24.5 Å². The predicted octanol–water partition coefficient (Wildman–Crippen LogP) is 0.378. The third kappa shape index (κ3) is 2.12. The highest BCUT2D eigenvalue weighted by Crippen LogP contribution is 2.47. The van der Waals surface area contributed by atoms with Gasteiger partial charge in [0.25, 0.3) is 0 Å². The van der Waals surface area contributed by atoms with Crippen LogP contribution in [0.25, 0.3) is 11.0 Å². The van der Waals surface area contributed by atoms with E-state index >= 15 is 0 Å². The molecular formula is C10H8O7P+. The number of aromatic hydroxyl groups is 1. The molecule has 0 aliphatic rings. The Balaban J connectivity index is 2.72. The van der Waals surface area contributed by atoms with Crippen molar-refractivity contribution in [3.8, 4) is 5.75 Å². The van der Waals surface area contributed by atoms with Crippen LogP contribution in [0.3, 0.4) is 0 Å². The van der Waals surface area contributed by atoms with E-state index in [4.69, 9.17) is 19.1 Å². The van der Waals surface area contributed by atoms with Crippen LogP contribution < -0.4 is 5.43 Å². The van der Waals surface area contributed by atoms with Gasteiger partial charge >= 0.3 is 13.5 Å². The van der Waals surface area contributed by atoms with Gasteiger partial charge in [0.05, 0.1) is 5.39 Å². The molecule has 1 heterocycles. The third-order valence-corrected chi connectivity index (χ3v) is 3.04. The Morgan fingerprint density at radius 3 is 2.50 bits per heavy atom. The average Bonchev–Trinajstić information content (AvgIpc) is 2.28. The minimum atomic E-state index is -4.81. The molecule has 7 nitrogen and oxygen atoms in total. The summed E-state index contributed by atoms with van der Waals surface area (Å²) in [6.07, 6.45) is 0.738. The molecule has 18 heavy (non-hydrogen) atoms. The number of hydrogen-bond donors (Lipinski definition) is 4. The van der Waals surface area contributed by atoms with E-state index in [0.717, 1.165) is 12.3 Å². The first kappa shape index (κ1) is 12.7. The number of hydrogen-bond acceptors (Lipinski definition) is 7. The van der Waals surface area contributed by atoms with E-state index in [-0.39, 0.29) is 16.7 Å². The van der Waals surface area contributed by atoms with Crippen molar-refractivity contribution in [3.63, 3.8) is 0 Å². The average molecular weight is 271 g/mol. The molecule has 0 aliphatic carbocycles. The number of fused-ring (bicyclic) bond motifs is 1. The van der Waals surface area contributed by atoms with E-state index in [9.17, 15) is 14.7 Å². The highest BCUT2D eigenvalue weighted by Gasteiger charge is 2.45. The lowest BCUT2D eigenvalue weighted by molar-refractivity contribution is 0.102. The van der Waals surface area contributed by atoms with Gasteiger partial charge in [-0.1, -0.05) is 0 Å². The van der Waals surface area contributed by atoms with Crippen LogP contribution in [0.5, 0.6) is 5.75 Å². The first-order chi connectivity index (χ1) is 8.30. The topological polar surface area (TPSA) is 128 Å². The molecule has 0 radical (unpaired) electrons. The van der Waals surface area contributed by atoms with Gasteiger partial charge in [-0.15, -0.1) is 0 Å². The highest BCUT2D eigenvalue weighted by atomic mass is 31.2. The van der Waals surface area contributed by atoms with Crippen molar-refractivity contribution in [1.82, 2.24) is 0 Å². The summed E-state index contributed by atoms with van der Waals surface area (Å²) in [5, 5.41) is 9.13. The molecule has 1 aromatic heterocycles. The van der Waals surface area contributed by atoms with Gasteiger partial charge in [0.1, 0.15) is 17.6 Å². The number of phenolic OH excluding ortho intramolecular Hbond substituents is 1. The molecular weight excluding hydrogens is 263 g/mol. The third-order valence-electron chi connectivity index (χ3n) is 2.26. The van der Waals surface area contributed by atoms with Crippen LogP contribution in [-0.2, 0) is 0 Å². The molecule has 1 aromatic carbocycles. The number of carbonyl (C=O) groups is 1. The van der Waals surface area contributed by atoms with E-state index in [1.54, 1.807) is 0 Å². The molecule has 0 saturated carbocycles. The molecule has 0 fully saturated rings. The molecule has 2 aromatic rings. The van der Waals surface area contributed by atoms with Crippen LogP contribution in [-0.4, -0.2) is 25.3 Å². The second kappa shape index (κ2) is 4.15. The molecule has 0 aliphatic heterocycles. The van der Waals surface area contributed by atoms with Crippen LogP contribution in [0, 0.1) is 0 Å². The minimum absolute atomic E-state index is 0.103. The summed E-state index contributed by atoms with van der Waals surface area (Å²) < 4.78 is 4.95. The van der Waals surface area contributed by atoms with Crippen molar-refractivity contribution in [2.75, 3.05) is 0 Å². The van der Waals surface area contributed by atoms with Gasteiger partial charge in [0.15, 0.2) is 5.56 Å². The lowest BCUT2D eigenvalue weighted by atomic mass is 10.2. The first-order valence-electron chi connectivity index (χ1n) is 4.67. The Bertz CT molecular complexity index is 683. The Kier molecular flexibility index (Phi) is 2.92. The first-order valence-corrected chi connectivity index (χ1v) is 6.32. The standard InChI is InChI=1S/C10H7O7P/c11-5-1-2-8-6(3-5)9(12)7(4-17-8)10(13)18(14,15)16/h1-4,14-16H/p+1. The maximum atomic E-state index is 11.9. The normalized spacial score (nSPS) is 11.7. The molecule has 0 amide bonds. The van der Waals surface area contributed by atoms with Crippen molar-refractivity contribution >= 4 is 24.4 Å². The summed E-state index contributed by atoms with van der Waals surface area (Å²) >= 11 is 0. The zero-order valence-corrected chi connectivity index (χ0v) is 9.66. The van der Waals surface area contributed by atoms with E-state index in [2.05, 4.69) is 0 Å². The van der Waals surface area contributed by atoms with Crippen LogP contribution in [0.2, 0.25) is 0 Å². The molecule has 0 unspecified atom stereocenters. The van der Waals surface area contributed by atoms with Gasteiger partial charge in [-0.3, -0.25) is 4.79 Å². The van der Waals surface area contributed by atoms with Gasteiger partial charge in [-0.25, -0.2) is 4.79 Å². The maximum Gasteiger partial charge on any atom is 0.484 e. The molecule has 4 N–H and O–H groups in total. The maximum absolute atomic E-state index is 11.9. The Labute approximate surface area is 100 Å². The van der Waals surface area contributed by atoms with Crippen molar-refractivity contribution in [2.24, 2.45) is 0 Å². The molecule has 2 rings (SSSR count). The zero-order valence-electron chi connectivity index (χ0n) is 8.77. The van der Waals surface area contributed by atoms with E-state index in [1.807, 2.05) is 0 Å². The second-order valence-corrected chi connectivity index (χ2v) is 5.08. The summed E-state index contributed by atoms with van der Waals surface area (Å²) in [4.78, 5) is 49.8. The summed E-state index contributed by atoms with van der Waals surface area (Å²) in [5.74, 6) is -0.211. The number of rotatable bonds is 2. The summed E-state index contributed by atoms with van der Waals surface area (Å²) in [7, 11) is -4.81. The molecule has 0 atom stereocenters. The summed E-state index contributed by atoms with van der Waals surface area (Å²) in [5.41, 5.74) is -2.93. The summed E-state index contributed by atoms with van der Waals surface area (Å²) in [6, 6.07) is 3.68. The Morgan fingerprint density at radius 1 is 1.22 bits per heavy atom. The van der Waals surface area contributed by atoms with Crippen LogP contribution in [0.1, 0.15) is 10.4 Å². The van der Waals surface area contributed by atoms with Gasteiger partial charge in [0, 0.05) is 0 Å². The number of benzene rings is 1. The largest absolute Gasteiger partial charge is 0.508 e. The highest BCUT2D eigenvalue weighted by molar-refractivity contribution is 7.76. The van der Waals surface area contributed by atoms with Gasteiger partial charge < -0.3 is 9.52 Å². The lowest BCUT2D eigenvalue weighted by Gasteiger charge is -2.02. The fourth-order valence-corrected chi connectivity index (χ4v) is 1.91. The SMILES string of the molecule is O=C(c1coc2ccc(O)cc2c1=O)[P+](O)(O)O. The fraction of sp³-hybridized carbons (Fsp3) is 0. The smallest absolute Gasteiger partial charge is 0.484 e.